The Morgan fingerprint density at radius 3 is 2.29 bits per heavy atom. The minimum absolute atomic E-state index is 0.110. The summed E-state index contributed by atoms with van der Waals surface area (Å²) in [6.45, 7) is 11.6. The number of benzene rings is 2. The number of hydrogen-bond donors (Lipinski definition) is 1. The maximum absolute atomic E-state index is 5.94. The SMILES string of the molecule is CCOc1cc(CN2CCC(Nc3nc(N4CCCCC4)c4cc(OC)c(OC)cc4n3)CC2)ccc1OC(C)C. The smallest absolute Gasteiger partial charge is 0.225 e. The molecule has 0 unspecified atom stereocenters. The predicted octanol–water partition coefficient (Wildman–Crippen LogP) is 5.90. The molecule has 0 saturated carbocycles. The van der Waals surface area contributed by atoms with Crippen LogP contribution in [-0.2, 0) is 6.54 Å². The van der Waals surface area contributed by atoms with E-state index in [2.05, 4.69) is 27.2 Å². The average Bonchev–Trinajstić information content (AvgIpc) is 2.98. The molecule has 0 radical (unpaired) electrons. The fourth-order valence-corrected chi connectivity index (χ4v) is 5.80. The van der Waals surface area contributed by atoms with Gasteiger partial charge in [-0.05, 0) is 76.6 Å². The third-order valence-corrected chi connectivity index (χ3v) is 7.83. The van der Waals surface area contributed by atoms with Gasteiger partial charge in [0, 0.05) is 50.2 Å². The summed E-state index contributed by atoms with van der Waals surface area (Å²) in [7, 11) is 3.33. The highest BCUT2D eigenvalue weighted by molar-refractivity contribution is 5.93. The summed E-state index contributed by atoms with van der Waals surface area (Å²) in [6, 6.07) is 10.6. The number of rotatable bonds is 11. The number of fused-ring (bicyclic) bond motifs is 1. The Hall–Kier alpha value is -3.46. The molecule has 1 N–H and O–H groups in total. The van der Waals surface area contributed by atoms with Crippen molar-refractivity contribution < 1.29 is 18.9 Å². The number of methoxy groups -OCH3 is 2. The van der Waals surface area contributed by atoms with Gasteiger partial charge in [0.1, 0.15) is 5.82 Å². The van der Waals surface area contributed by atoms with Gasteiger partial charge in [0.15, 0.2) is 23.0 Å². The second-order valence-corrected chi connectivity index (χ2v) is 11.2. The van der Waals surface area contributed by atoms with Gasteiger partial charge in [0.05, 0.1) is 32.4 Å². The Kier molecular flexibility index (Phi) is 9.54. The van der Waals surface area contributed by atoms with Crippen LogP contribution in [0.25, 0.3) is 10.9 Å². The van der Waals surface area contributed by atoms with Crippen LogP contribution < -0.4 is 29.2 Å². The first-order valence-electron chi connectivity index (χ1n) is 15.1. The minimum atomic E-state index is 0.110. The van der Waals surface area contributed by atoms with Crippen LogP contribution in [0.4, 0.5) is 11.8 Å². The lowest BCUT2D eigenvalue weighted by atomic mass is 10.0. The molecule has 3 aromatic rings. The highest BCUT2D eigenvalue weighted by Crippen LogP contribution is 2.37. The Morgan fingerprint density at radius 2 is 1.61 bits per heavy atom. The van der Waals surface area contributed by atoms with Gasteiger partial charge in [-0.3, -0.25) is 4.90 Å². The zero-order chi connectivity index (χ0) is 28.8. The number of nitrogens with one attached hydrogen (secondary N) is 1. The fourth-order valence-electron chi connectivity index (χ4n) is 5.80. The molecule has 0 bridgehead atoms. The Morgan fingerprint density at radius 1 is 0.878 bits per heavy atom. The first-order valence-corrected chi connectivity index (χ1v) is 15.1. The van der Waals surface area contributed by atoms with Crippen molar-refractivity contribution in [1.29, 1.82) is 0 Å². The Balaban J connectivity index is 1.28. The van der Waals surface area contributed by atoms with Gasteiger partial charge in [-0.1, -0.05) is 6.07 Å². The molecule has 41 heavy (non-hydrogen) atoms. The van der Waals surface area contributed by atoms with Crippen molar-refractivity contribution in [2.45, 2.75) is 71.6 Å². The quantitative estimate of drug-likeness (QED) is 0.307. The monoisotopic (exact) mass is 563 g/mol. The van der Waals surface area contributed by atoms with E-state index in [1.165, 1.54) is 24.8 Å². The number of anilines is 2. The van der Waals surface area contributed by atoms with E-state index in [-0.39, 0.29) is 6.10 Å². The number of nitrogens with zero attached hydrogens (tertiary/aromatic N) is 4. The summed E-state index contributed by atoms with van der Waals surface area (Å²) in [5, 5.41) is 4.67. The normalized spacial score (nSPS) is 16.7. The molecule has 0 aliphatic carbocycles. The molecule has 0 amide bonds. The largest absolute Gasteiger partial charge is 0.493 e. The van der Waals surface area contributed by atoms with E-state index in [0.717, 1.165) is 73.8 Å². The molecule has 1 aromatic heterocycles. The van der Waals surface area contributed by atoms with Crippen molar-refractivity contribution in [2.24, 2.45) is 0 Å². The molecule has 9 heteroatoms. The zero-order valence-corrected chi connectivity index (χ0v) is 25.2. The first kappa shape index (κ1) is 29.0. The van der Waals surface area contributed by atoms with E-state index < -0.39 is 0 Å². The fraction of sp³-hybridized carbons (Fsp3) is 0.562. The zero-order valence-electron chi connectivity index (χ0n) is 25.2. The molecule has 5 rings (SSSR count). The van der Waals surface area contributed by atoms with Gasteiger partial charge in [-0.15, -0.1) is 0 Å². The van der Waals surface area contributed by atoms with Crippen LogP contribution in [0.5, 0.6) is 23.0 Å². The van der Waals surface area contributed by atoms with E-state index in [0.29, 0.717) is 30.1 Å². The minimum Gasteiger partial charge on any atom is -0.493 e. The molecular weight excluding hydrogens is 518 g/mol. The summed E-state index contributed by atoms with van der Waals surface area (Å²) < 4.78 is 23.0. The summed E-state index contributed by atoms with van der Waals surface area (Å²) in [6.07, 6.45) is 5.79. The lowest BCUT2D eigenvalue weighted by Gasteiger charge is -2.33. The van der Waals surface area contributed by atoms with Crippen LogP contribution in [0.1, 0.15) is 58.4 Å². The van der Waals surface area contributed by atoms with Crippen molar-refractivity contribution in [3.05, 3.63) is 35.9 Å². The van der Waals surface area contributed by atoms with Gasteiger partial charge in [0.2, 0.25) is 5.95 Å². The van der Waals surface area contributed by atoms with Crippen molar-refractivity contribution in [3.63, 3.8) is 0 Å². The van der Waals surface area contributed by atoms with Crippen LogP contribution in [0.3, 0.4) is 0 Å². The van der Waals surface area contributed by atoms with Crippen molar-refractivity contribution in [1.82, 2.24) is 14.9 Å². The molecule has 2 saturated heterocycles. The van der Waals surface area contributed by atoms with Crippen LogP contribution >= 0.6 is 0 Å². The molecule has 9 nitrogen and oxygen atoms in total. The molecule has 2 aliphatic rings. The Bertz CT molecular complexity index is 1300. The first-order chi connectivity index (χ1) is 20.0. The highest BCUT2D eigenvalue weighted by Gasteiger charge is 2.23. The van der Waals surface area contributed by atoms with E-state index >= 15 is 0 Å². The summed E-state index contributed by atoms with van der Waals surface area (Å²) in [4.78, 5) is 14.9. The molecule has 222 valence electrons. The van der Waals surface area contributed by atoms with E-state index in [9.17, 15) is 0 Å². The molecule has 2 aliphatic heterocycles. The number of likely N-dealkylation sites (tertiary alicyclic amines) is 1. The average molecular weight is 564 g/mol. The highest BCUT2D eigenvalue weighted by atomic mass is 16.5. The lowest BCUT2D eigenvalue weighted by molar-refractivity contribution is 0.209. The standard InChI is InChI=1S/C32H45N5O4/c1-6-40-30-18-23(10-11-27(30)41-22(2)3)21-36-16-12-24(13-17-36)33-32-34-26-20-29(39-5)28(38-4)19-25(26)31(35-32)37-14-8-7-9-15-37/h10-11,18-20,22,24H,6-9,12-17,21H2,1-5H3,(H,33,34,35). The van der Waals surface area contributed by atoms with Crippen molar-refractivity contribution >= 4 is 22.7 Å². The van der Waals surface area contributed by atoms with Crippen LogP contribution in [0.2, 0.25) is 0 Å². The van der Waals surface area contributed by atoms with Crippen molar-refractivity contribution in [2.75, 3.05) is 57.2 Å². The molecule has 2 aromatic carbocycles. The van der Waals surface area contributed by atoms with Crippen molar-refractivity contribution in [3.8, 4) is 23.0 Å². The van der Waals surface area contributed by atoms with Gasteiger partial charge < -0.3 is 29.2 Å². The van der Waals surface area contributed by atoms with Crippen LogP contribution in [0, 0.1) is 0 Å². The van der Waals surface area contributed by atoms with Gasteiger partial charge >= 0.3 is 0 Å². The third-order valence-electron chi connectivity index (χ3n) is 7.83. The van der Waals surface area contributed by atoms with Gasteiger partial charge in [-0.2, -0.15) is 4.98 Å². The summed E-state index contributed by atoms with van der Waals surface area (Å²) >= 11 is 0. The number of aromatic nitrogens is 2. The topological polar surface area (TPSA) is 81.2 Å². The molecule has 0 atom stereocenters. The number of ether oxygens (including phenoxy) is 4. The molecule has 2 fully saturated rings. The number of hydrogen-bond acceptors (Lipinski definition) is 9. The second kappa shape index (κ2) is 13.5. The van der Waals surface area contributed by atoms with Gasteiger partial charge in [0.25, 0.3) is 0 Å². The second-order valence-electron chi connectivity index (χ2n) is 11.2. The molecule has 3 heterocycles. The maximum Gasteiger partial charge on any atom is 0.225 e. The lowest BCUT2D eigenvalue weighted by Crippen LogP contribution is -2.39. The van der Waals surface area contributed by atoms with Crippen LogP contribution in [0.15, 0.2) is 30.3 Å². The van der Waals surface area contributed by atoms with E-state index in [4.69, 9.17) is 28.9 Å². The van der Waals surface area contributed by atoms with E-state index in [1.54, 1.807) is 14.2 Å². The number of piperidine rings is 2. The molecular formula is C32H45N5O4. The predicted molar refractivity (Wildman–Crippen MR) is 164 cm³/mol. The summed E-state index contributed by atoms with van der Waals surface area (Å²) in [5.41, 5.74) is 2.11. The maximum atomic E-state index is 5.94. The third kappa shape index (κ3) is 7.07. The summed E-state index contributed by atoms with van der Waals surface area (Å²) in [5.74, 6) is 4.67. The Labute approximate surface area is 244 Å². The molecule has 0 spiro atoms. The van der Waals surface area contributed by atoms with Gasteiger partial charge in [-0.25, -0.2) is 4.98 Å². The van der Waals surface area contributed by atoms with E-state index in [1.807, 2.05) is 39.0 Å². The van der Waals surface area contributed by atoms with Crippen LogP contribution in [-0.4, -0.2) is 74.0 Å².